The Hall–Kier alpha value is -2.63. The molecule has 0 saturated carbocycles. The van der Waals surface area contributed by atoms with Gasteiger partial charge in [-0.25, -0.2) is 9.80 Å². The molecule has 0 spiro atoms. The fourth-order valence-corrected chi connectivity index (χ4v) is 2.21. The van der Waals surface area contributed by atoms with E-state index in [2.05, 4.69) is 6.58 Å². The van der Waals surface area contributed by atoms with Crippen LogP contribution in [0.4, 0.5) is 4.79 Å². The van der Waals surface area contributed by atoms with Gasteiger partial charge in [0.25, 0.3) is 11.8 Å². The van der Waals surface area contributed by atoms with Gasteiger partial charge in [0.15, 0.2) is 0 Å². The lowest BCUT2D eigenvalue weighted by atomic mass is 10.1. The Kier molecular flexibility index (Phi) is 4.27. The second-order valence-electron chi connectivity index (χ2n) is 6.27. The molecule has 1 aliphatic heterocycles. The fourth-order valence-electron chi connectivity index (χ4n) is 2.21. The van der Waals surface area contributed by atoms with Crippen LogP contribution in [0.15, 0.2) is 36.9 Å². The number of imide groups is 1. The number of rotatable bonds is 3. The zero-order valence-corrected chi connectivity index (χ0v) is 13.7. The Bertz CT molecular complexity index is 640. The molecule has 23 heavy (non-hydrogen) atoms. The Morgan fingerprint density at radius 3 is 2.09 bits per heavy atom. The first kappa shape index (κ1) is 16.7. The molecule has 1 aliphatic rings. The van der Waals surface area contributed by atoms with Gasteiger partial charge in [0, 0.05) is 0 Å². The van der Waals surface area contributed by atoms with Crippen molar-refractivity contribution < 1.29 is 19.1 Å². The number of nitrogens with zero attached hydrogens (tertiary/aromatic N) is 2. The number of carbonyl (C=O) groups is 3. The molecule has 0 fully saturated rings. The van der Waals surface area contributed by atoms with Crippen molar-refractivity contribution in [2.75, 3.05) is 0 Å². The van der Waals surface area contributed by atoms with Gasteiger partial charge in [-0.1, -0.05) is 18.2 Å². The number of benzene rings is 1. The predicted octanol–water partition coefficient (Wildman–Crippen LogP) is 3.01. The van der Waals surface area contributed by atoms with Gasteiger partial charge in [0.05, 0.1) is 17.2 Å². The highest BCUT2D eigenvalue weighted by Crippen LogP contribution is 2.26. The summed E-state index contributed by atoms with van der Waals surface area (Å²) in [7, 11) is 0. The molecule has 0 saturated heterocycles. The summed E-state index contributed by atoms with van der Waals surface area (Å²) in [5, 5.41) is 1.83. The first-order valence-electron chi connectivity index (χ1n) is 7.30. The molecule has 0 bridgehead atoms. The van der Waals surface area contributed by atoms with Gasteiger partial charge in [-0.05, 0) is 39.8 Å². The number of hydrogen-bond acceptors (Lipinski definition) is 4. The van der Waals surface area contributed by atoms with Crippen LogP contribution in [0.25, 0.3) is 0 Å². The van der Waals surface area contributed by atoms with Crippen molar-refractivity contribution in [1.29, 1.82) is 0 Å². The van der Waals surface area contributed by atoms with Crippen molar-refractivity contribution in [2.45, 2.75) is 39.3 Å². The van der Waals surface area contributed by atoms with Gasteiger partial charge in [-0.2, -0.15) is 5.01 Å². The highest BCUT2D eigenvalue weighted by atomic mass is 16.6. The van der Waals surface area contributed by atoms with E-state index in [0.29, 0.717) is 0 Å². The Morgan fingerprint density at radius 2 is 1.70 bits per heavy atom. The zero-order valence-electron chi connectivity index (χ0n) is 13.7. The lowest BCUT2D eigenvalue weighted by Gasteiger charge is -2.34. The zero-order chi connectivity index (χ0) is 17.4. The summed E-state index contributed by atoms with van der Waals surface area (Å²) >= 11 is 0. The minimum absolute atomic E-state index is 0.266. The molecule has 1 aromatic rings. The number of hydrogen-bond donors (Lipinski definition) is 0. The number of ether oxygens (including phenoxy) is 1. The summed E-state index contributed by atoms with van der Waals surface area (Å²) in [5.41, 5.74) is -0.223. The third-order valence-corrected chi connectivity index (χ3v) is 3.30. The SMILES string of the molecule is C=C[C@H](C)N(C(=O)OC(C)(C)C)N1C(=O)c2ccccc2C1=O. The largest absolute Gasteiger partial charge is 0.442 e. The van der Waals surface area contributed by atoms with Crippen LogP contribution in [0.1, 0.15) is 48.4 Å². The topological polar surface area (TPSA) is 66.9 Å². The van der Waals surface area contributed by atoms with Crippen LogP contribution < -0.4 is 0 Å². The molecule has 0 aromatic heterocycles. The van der Waals surface area contributed by atoms with Gasteiger partial charge in [-0.15, -0.1) is 6.58 Å². The van der Waals surface area contributed by atoms with E-state index < -0.39 is 29.6 Å². The summed E-state index contributed by atoms with van der Waals surface area (Å²) in [5.74, 6) is -1.10. The molecule has 3 amide bonds. The van der Waals surface area contributed by atoms with Gasteiger partial charge in [0.2, 0.25) is 0 Å². The lowest BCUT2D eigenvalue weighted by Crippen LogP contribution is -2.54. The third-order valence-electron chi connectivity index (χ3n) is 3.30. The van der Waals surface area contributed by atoms with Crippen LogP contribution in [0.2, 0.25) is 0 Å². The summed E-state index contributed by atoms with van der Waals surface area (Å²) in [4.78, 5) is 37.6. The highest BCUT2D eigenvalue weighted by molar-refractivity contribution is 6.21. The average molecular weight is 316 g/mol. The third kappa shape index (κ3) is 3.11. The first-order chi connectivity index (χ1) is 10.7. The molecule has 1 atom stereocenters. The van der Waals surface area contributed by atoms with Crippen LogP contribution in [0.3, 0.4) is 0 Å². The van der Waals surface area contributed by atoms with E-state index in [1.807, 2.05) is 0 Å². The molecule has 0 aliphatic carbocycles. The summed E-state index contributed by atoms with van der Waals surface area (Å²) in [6.45, 7) is 10.4. The number of amides is 3. The van der Waals surface area contributed by atoms with Crippen LogP contribution in [0, 0.1) is 0 Å². The van der Waals surface area contributed by atoms with E-state index in [1.165, 1.54) is 6.08 Å². The van der Waals surface area contributed by atoms with E-state index >= 15 is 0 Å². The van der Waals surface area contributed by atoms with E-state index in [4.69, 9.17) is 4.74 Å². The predicted molar refractivity (Wildman–Crippen MR) is 84.7 cm³/mol. The van der Waals surface area contributed by atoms with E-state index in [9.17, 15) is 14.4 Å². The first-order valence-corrected chi connectivity index (χ1v) is 7.30. The Balaban J connectivity index is 2.42. The van der Waals surface area contributed by atoms with Crippen LogP contribution in [-0.4, -0.2) is 39.6 Å². The number of hydrazine groups is 1. The summed E-state index contributed by atoms with van der Waals surface area (Å²) < 4.78 is 5.32. The maximum Gasteiger partial charge on any atom is 0.430 e. The lowest BCUT2D eigenvalue weighted by molar-refractivity contribution is -0.0359. The van der Waals surface area contributed by atoms with Crippen LogP contribution in [0.5, 0.6) is 0 Å². The number of fused-ring (bicyclic) bond motifs is 1. The molecule has 0 N–H and O–H groups in total. The van der Waals surface area contributed by atoms with Crippen molar-refractivity contribution >= 4 is 17.9 Å². The molecule has 122 valence electrons. The van der Waals surface area contributed by atoms with Gasteiger partial charge < -0.3 is 4.74 Å². The normalized spacial score (nSPS) is 15.2. The van der Waals surface area contributed by atoms with E-state index in [0.717, 1.165) is 10.0 Å². The van der Waals surface area contributed by atoms with Crippen molar-refractivity contribution in [1.82, 2.24) is 10.0 Å². The van der Waals surface area contributed by atoms with Gasteiger partial charge >= 0.3 is 6.09 Å². The fraction of sp³-hybridized carbons (Fsp3) is 0.353. The molecule has 0 unspecified atom stereocenters. The summed E-state index contributed by atoms with van der Waals surface area (Å²) in [6.07, 6.45) is 0.687. The van der Waals surface area contributed by atoms with Gasteiger partial charge in [-0.3, -0.25) is 9.59 Å². The average Bonchev–Trinajstić information content (AvgIpc) is 2.71. The van der Waals surface area contributed by atoms with Crippen molar-refractivity contribution in [3.63, 3.8) is 0 Å². The Morgan fingerprint density at radius 1 is 1.22 bits per heavy atom. The maximum atomic E-state index is 12.6. The maximum absolute atomic E-state index is 12.6. The van der Waals surface area contributed by atoms with Crippen LogP contribution in [-0.2, 0) is 4.74 Å². The quantitative estimate of drug-likeness (QED) is 0.635. The highest BCUT2D eigenvalue weighted by Gasteiger charge is 2.43. The minimum atomic E-state index is -0.778. The van der Waals surface area contributed by atoms with Crippen molar-refractivity contribution in [2.24, 2.45) is 0 Å². The second kappa shape index (κ2) is 5.87. The summed E-state index contributed by atoms with van der Waals surface area (Å²) in [6, 6.07) is 5.86. The number of carbonyl (C=O) groups excluding carboxylic acids is 3. The second-order valence-corrected chi connectivity index (χ2v) is 6.27. The molecule has 1 heterocycles. The molecule has 2 rings (SSSR count). The van der Waals surface area contributed by atoms with Crippen LogP contribution >= 0.6 is 0 Å². The smallest absolute Gasteiger partial charge is 0.430 e. The molecule has 6 nitrogen and oxygen atoms in total. The minimum Gasteiger partial charge on any atom is -0.442 e. The monoisotopic (exact) mass is 316 g/mol. The van der Waals surface area contributed by atoms with E-state index in [1.54, 1.807) is 52.0 Å². The van der Waals surface area contributed by atoms with Crippen molar-refractivity contribution in [3.05, 3.63) is 48.0 Å². The Labute approximate surface area is 135 Å². The van der Waals surface area contributed by atoms with Gasteiger partial charge in [0.1, 0.15) is 5.60 Å². The van der Waals surface area contributed by atoms with E-state index in [-0.39, 0.29) is 11.1 Å². The molecule has 0 radical (unpaired) electrons. The standard InChI is InChI=1S/C17H20N2O4/c1-6-11(2)18(16(22)23-17(3,4)5)19-14(20)12-9-7-8-10-13(12)15(19)21/h6-11H,1H2,2-5H3/t11-/m0/s1. The molecule has 1 aromatic carbocycles. The molecular weight excluding hydrogens is 296 g/mol. The molecule has 6 heteroatoms. The van der Waals surface area contributed by atoms with Crippen molar-refractivity contribution in [3.8, 4) is 0 Å². The molecular formula is C17H20N2O4.